The van der Waals surface area contributed by atoms with Gasteiger partial charge in [0.05, 0.1) is 12.2 Å². The lowest BCUT2D eigenvalue weighted by Crippen LogP contribution is -2.48. The van der Waals surface area contributed by atoms with Crippen LogP contribution in [-0.2, 0) is 4.74 Å². The van der Waals surface area contributed by atoms with Gasteiger partial charge in [-0.1, -0.05) is 19.3 Å². The smallest absolute Gasteiger partial charge is 0.0726 e. The Labute approximate surface area is 98.6 Å². The maximum atomic E-state index is 10.0. The Hall–Kier alpha value is -0.120. The van der Waals surface area contributed by atoms with Crippen molar-refractivity contribution in [3.05, 3.63) is 0 Å². The van der Waals surface area contributed by atoms with E-state index in [1.165, 1.54) is 25.7 Å². The molecule has 3 nitrogen and oxygen atoms in total. The van der Waals surface area contributed by atoms with Crippen molar-refractivity contribution >= 4 is 0 Å². The Balaban J connectivity index is 1.81. The third-order valence-electron chi connectivity index (χ3n) is 3.98. The van der Waals surface area contributed by atoms with Crippen molar-refractivity contribution in [2.45, 2.75) is 76.2 Å². The zero-order chi connectivity index (χ0) is 11.4. The van der Waals surface area contributed by atoms with Crippen molar-refractivity contribution < 1.29 is 9.84 Å². The van der Waals surface area contributed by atoms with Crippen molar-refractivity contribution in [3.63, 3.8) is 0 Å². The average Bonchev–Trinajstić information content (AvgIpc) is 2.73. The molecule has 2 aliphatic rings. The van der Waals surface area contributed by atoms with Gasteiger partial charge in [-0.2, -0.15) is 0 Å². The summed E-state index contributed by atoms with van der Waals surface area (Å²) in [4.78, 5) is 0. The summed E-state index contributed by atoms with van der Waals surface area (Å²) in [6.45, 7) is 3.09. The number of hydrogen-bond donors (Lipinski definition) is 2. The number of nitrogens with one attached hydrogen (secondary N) is 1. The Morgan fingerprint density at radius 1 is 1.12 bits per heavy atom. The number of rotatable bonds is 3. The number of aliphatic hydroxyl groups is 1. The minimum Gasteiger partial charge on any atom is -0.392 e. The normalized spacial score (nSPS) is 38.2. The van der Waals surface area contributed by atoms with Crippen LogP contribution in [0.2, 0.25) is 0 Å². The van der Waals surface area contributed by atoms with Gasteiger partial charge in [0.1, 0.15) is 0 Å². The molecule has 0 radical (unpaired) electrons. The van der Waals surface area contributed by atoms with E-state index in [2.05, 4.69) is 12.2 Å². The van der Waals surface area contributed by atoms with Crippen molar-refractivity contribution in [3.8, 4) is 0 Å². The molecule has 1 saturated carbocycles. The number of ether oxygens (including phenoxy) is 1. The molecule has 1 aliphatic carbocycles. The van der Waals surface area contributed by atoms with Crippen LogP contribution in [0, 0.1) is 0 Å². The van der Waals surface area contributed by atoms with Crippen LogP contribution in [0.1, 0.15) is 51.9 Å². The van der Waals surface area contributed by atoms with Crippen LogP contribution in [0.3, 0.4) is 0 Å². The monoisotopic (exact) mass is 227 g/mol. The van der Waals surface area contributed by atoms with Crippen LogP contribution < -0.4 is 5.32 Å². The molecule has 0 spiro atoms. The second-order valence-corrected chi connectivity index (χ2v) is 5.32. The van der Waals surface area contributed by atoms with Gasteiger partial charge in [-0.25, -0.2) is 0 Å². The van der Waals surface area contributed by atoms with E-state index in [4.69, 9.17) is 4.74 Å². The highest BCUT2D eigenvalue weighted by atomic mass is 16.5. The first-order valence-corrected chi connectivity index (χ1v) is 6.83. The van der Waals surface area contributed by atoms with Crippen molar-refractivity contribution in [1.29, 1.82) is 0 Å². The molecule has 0 aromatic rings. The van der Waals surface area contributed by atoms with E-state index < -0.39 is 0 Å². The largest absolute Gasteiger partial charge is 0.392 e. The SMILES string of the molecule is CC(NC1CCCCCC1O)C1CCCO1. The number of hydrogen-bond acceptors (Lipinski definition) is 3. The van der Waals surface area contributed by atoms with Crippen molar-refractivity contribution in [2.24, 2.45) is 0 Å². The summed E-state index contributed by atoms with van der Waals surface area (Å²) in [7, 11) is 0. The molecule has 1 aliphatic heterocycles. The predicted octanol–water partition coefficient (Wildman–Crippen LogP) is 1.84. The van der Waals surface area contributed by atoms with Crippen LogP contribution >= 0.6 is 0 Å². The molecule has 16 heavy (non-hydrogen) atoms. The summed E-state index contributed by atoms with van der Waals surface area (Å²) >= 11 is 0. The average molecular weight is 227 g/mol. The fraction of sp³-hybridized carbons (Fsp3) is 1.00. The van der Waals surface area contributed by atoms with Gasteiger partial charge in [-0.05, 0) is 32.6 Å². The van der Waals surface area contributed by atoms with E-state index in [1.807, 2.05) is 0 Å². The van der Waals surface area contributed by atoms with E-state index in [-0.39, 0.29) is 12.1 Å². The van der Waals surface area contributed by atoms with Crippen molar-refractivity contribution in [1.82, 2.24) is 5.32 Å². The second-order valence-electron chi connectivity index (χ2n) is 5.32. The van der Waals surface area contributed by atoms with Gasteiger partial charge >= 0.3 is 0 Å². The Morgan fingerprint density at radius 2 is 1.94 bits per heavy atom. The minimum atomic E-state index is -0.161. The maximum absolute atomic E-state index is 10.0. The zero-order valence-electron chi connectivity index (χ0n) is 10.3. The molecule has 0 aromatic heterocycles. The van der Waals surface area contributed by atoms with E-state index in [9.17, 15) is 5.11 Å². The topological polar surface area (TPSA) is 41.5 Å². The molecular formula is C13H25NO2. The molecular weight excluding hydrogens is 202 g/mol. The molecule has 1 heterocycles. The molecule has 3 heteroatoms. The van der Waals surface area contributed by atoms with E-state index in [1.54, 1.807) is 0 Å². The second kappa shape index (κ2) is 5.99. The van der Waals surface area contributed by atoms with Gasteiger partial charge < -0.3 is 15.2 Å². The fourth-order valence-electron chi connectivity index (χ4n) is 2.92. The summed E-state index contributed by atoms with van der Waals surface area (Å²) < 4.78 is 5.68. The van der Waals surface area contributed by atoms with Gasteiger partial charge in [-0.15, -0.1) is 0 Å². The summed E-state index contributed by atoms with van der Waals surface area (Å²) in [5, 5.41) is 13.6. The Kier molecular flexibility index (Phi) is 4.62. The summed E-state index contributed by atoms with van der Waals surface area (Å²) in [6, 6.07) is 0.655. The summed E-state index contributed by atoms with van der Waals surface area (Å²) in [5.41, 5.74) is 0. The highest BCUT2D eigenvalue weighted by Crippen LogP contribution is 2.21. The first-order valence-electron chi connectivity index (χ1n) is 6.83. The molecule has 94 valence electrons. The van der Waals surface area contributed by atoms with Gasteiger partial charge in [0, 0.05) is 18.7 Å². The molecule has 4 atom stereocenters. The van der Waals surface area contributed by atoms with Crippen molar-refractivity contribution in [2.75, 3.05) is 6.61 Å². The third kappa shape index (κ3) is 3.19. The molecule has 0 aromatic carbocycles. The minimum absolute atomic E-state index is 0.161. The third-order valence-corrected chi connectivity index (χ3v) is 3.98. The van der Waals surface area contributed by atoms with Gasteiger partial charge in [0.2, 0.25) is 0 Å². The van der Waals surface area contributed by atoms with E-state index >= 15 is 0 Å². The molecule has 0 amide bonds. The maximum Gasteiger partial charge on any atom is 0.0726 e. The highest BCUT2D eigenvalue weighted by molar-refractivity contribution is 4.85. The van der Waals surface area contributed by atoms with Crippen LogP contribution in [0.25, 0.3) is 0 Å². The van der Waals surface area contributed by atoms with Crippen LogP contribution in [-0.4, -0.2) is 36.0 Å². The van der Waals surface area contributed by atoms with Crippen LogP contribution in [0.5, 0.6) is 0 Å². The zero-order valence-corrected chi connectivity index (χ0v) is 10.3. The first-order chi connectivity index (χ1) is 7.77. The fourth-order valence-corrected chi connectivity index (χ4v) is 2.92. The standard InChI is InChI=1S/C13H25NO2/c1-10(13-8-5-9-16-13)14-11-6-3-2-4-7-12(11)15/h10-15H,2-9H2,1H3. The van der Waals surface area contributed by atoms with Gasteiger partial charge in [0.25, 0.3) is 0 Å². The van der Waals surface area contributed by atoms with Gasteiger partial charge in [-0.3, -0.25) is 0 Å². The Morgan fingerprint density at radius 3 is 2.69 bits per heavy atom. The molecule has 1 saturated heterocycles. The lowest BCUT2D eigenvalue weighted by molar-refractivity contribution is 0.0599. The Bertz CT molecular complexity index is 204. The van der Waals surface area contributed by atoms with Crippen LogP contribution in [0.15, 0.2) is 0 Å². The van der Waals surface area contributed by atoms with Gasteiger partial charge in [0.15, 0.2) is 0 Å². The van der Waals surface area contributed by atoms with E-state index in [0.29, 0.717) is 12.1 Å². The highest BCUT2D eigenvalue weighted by Gasteiger charge is 2.27. The summed E-state index contributed by atoms with van der Waals surface area (Å²) in [6.07, 6.45) is 8.29. The quantitative estimate of drug-likeness (QED) is 0.723. The predicted molar refractivity (Wildman–Crippen MR) is 64.5 cm³/mol. The molecule has 4 unspecified atom stereocenters. The molecule has 0 bridgehead atoms. The molecule has 2 fully saturated rings. The lowest BCUT2D eigenvalue weighted by atomic mass is 10.0. The first kappa shape index (κ1) is 12.3. The number of aliphatic hydroxyl groups excluding tert-OH is 1. The molecule has 2 rings (SSSR count). The molecule has 2 N–H and O–H groups in total. The van der Waals surface area contributed by atoms with E-state index in [0.717, 1.165) is 25.9 Å². The summed E-state index contributed by atoms with van der Waals surface area (Å²) in [5.74, 6) is 0. The van der Waals surface area contributed by atoms with Crippen LogP contribution in [0.4, 0.5) is 0 Å². The lowest BCUT2D eigenvalue weighted by Gasteiger charge is -2.28.